The molecule has 0 atom stereocenters. The lowest BCUT2D eigenvalue weighted by atomic mass is 9.82. The second-order valence-corrected chi connectivity index (χ2v) is 7.95. The van der Waals surface area contributed by atoms with E-state index >= 15 is 0 Å². The van der Waals surface area contributed by atoms with Gasteiger partial charge in [-0.1, -0.05) is 76.6 Å². The van der Waals surface area contributed by atoms with E-state index in [1.54, 1.807) is 12.1 Å². The van der Waals surface area contributed by atoms with Gasteiger partial charge < -0.3 is 14.8 Å². The molecule has 1 fully saturated rings. The van der Waals surface area contributed by atoms with Crippen molar-refractivity contribution >= 4 is 27.9 Å². The normalized spacial score (nSPS) is 16.6. The predicted octanol–water partition coefficient (Wildman–Crippen LogP) is 4.17. The number of imide groups is 1. The van der Waals surface area contributed by atoms with Crippen molar-refractivity contribution in [2.45, 2.75) is 12.1 Å². The number of halogens is 1. The SMILES string of the molecule is O=C1NC(c2ccccc2)(c2ccccc2)C(=O)N1Cc1cc2c(cc1Br)OCO2. The van der Waals surface area contributed by atoms with Gasteiger partial charge in [0.25, 0.3) is 5.91 Å². The van der Waals surface area contributed by atoms with Crippen LogP contribution in [-0.4, -0.2) is 23.6 Å². The molecule has 5 rings (SSSR count). The lowest BCUT2D eigenvalue weighted by Crippen LogP contribution is -2.45. The maximum Gasteiger partial charge on any atom is 0.325 e. The van der Waals surface area contributed by atoms with Gasteiger partial charge in [0.05, 0.1) is 6.54 Å². The zero-order chi connectivity index (χ0) is 20.7. The van der Waals surface area contributed by atoms with Crippen LogP contribution in [0.15, 0.2) is 77.3 Å². The molecule has 0 unspecified atom stereocenters. The molecule has 0 radical (unpaired) electrons. The maximum atomic E-state index is 13.8. The van der Waals surface area contributed by atoms with Crippen molar-refractivity contribution in [2.75, 3.05) is 6.79 Å². The molecular formula is C23H17BrN2O4. The van der Waals surface area contributed by atoms with E-state index < -0.39 is 11.6 Å². The van der Waals surface area contributed by atoms with Crippen LogP contribution in [0.4, 0.5) is 4.79 Å². The Morgan fingerprint density at radius 1 is 0.900 bits per heavy atom. The maximum absolute atomic E-state index is 13.8. The predicted molar refractivity (Wildman–Crippen MR) is 113 cm³/mol. The lowest BCUT2D eigenvalue weighted by Gasteiger charge is -2.28. The highest BCUT2D eigenvalue weighted by molar-refractivity contribution is 9.10. The number of urea groups is 1. The minimum Gasteiger partial charge on any atom is -0.454 e. The number of rotatable bonds is 4. The molecule has 1 N–H and O–H groups in total. The summed E-state index contributed by atoms with van der Waals surface area (Å²) in [6.07, 6.45) is 0. The van der Waals surface area contributed by atoms with E-state index in [0.717, 1.165) is 10.0 Å². The summed E-state index contributed by atoms with van der Waals surface area (Å²) in [6, 6.07) is 21.7. The standard InChI is InChI=1S/C23H17BrN2O4/c24-18-12-20-19(29-14-30-20)11-15(18)13-26-21(27)23(25-22(26)28,16-7-3-1-4-8-16)17-9-5-2-6-10-17/h1-12H,13-14H2,(H,25,28). The molecule has 0 bridgehead atoms. The van der Waals surface area contributed by atoms with Gasteiger partial charge >= 0.3 is 6.03 Å². The molecule has 2 aliphatic heterocycles. The number of carbonyl (C=O) groups excluding carboxylic acids is 2. The molecule has 0 aliphatic carbocycles. The molecule has 2 aliphatic rings. The van der Waals surface area contributed by atoms with Crippen molar-refractivity contribution in [3.05, 3.63) is 94.0 Å². The van der Waals surface area contributed by atoms with Gasteiger partial charge in [-0.05, 0) is 28.8 Å². The Hall–Kier alpha value is -3.32. The average molecular weight is 465 g/mol. The summed E-state index contributed by atoms with van der Waals surface area (Å²) in [4.78, 5) is 28.0. The van der Waals surface area contributed by atoms with Crippen LogP contribution in [0.5, 0.6) is 11.5 Å². The van der Waals surface area contributed by atoms with E-state index in [0.29, 0.717) is 22.6 Å². The fourth-order valence-electron chi connectivity index (χ4n) is 3.90. The van der Waals surface area contributed by atoms with E-state index in [1.165, 1.54) is 4.90 Å². The van der Waals surface area contributed by atoms with Crippen LogP contribution in [0.25, 0.3) is 0 Å². The Labute approximate surface area is 181 Å². The first kappa shape index (κ1) is 18.7. The second kappa shape index (κ2) is 7.18. The Morgan fingerprint density at radius 3 is 2.07 bits per heavy atom. The van der Waals surface area contributed by atoms with E-state index in [1.807, 2.05) is 60.7 Å². The van der Waals surface area contributed by atoms with Crippen molar-refractivity contribution in [2.24, 2.45) is 0 Å². The lowest BCUT2D eigenvalue weighted by molar-refractivity contribution is -0.130. The summed E-state index contributed by atoms with van der Waals surface area (Å²) in [5.41, 5.74) is 0.894. The third kappa shape index (κ3) is 2.85. The minimum absolute atomic E-state index is 0.101. The Morgan fingerprint density at radius 2 is 1.47 bits per heavy atom. The topological polar surface area (TPSA) is 67.9 Å². The summed E-state index contributed by atoms with van der Waals surface area (Å²) < 4.78 is 11.6. The molecule has 150 valence electrons. The summed E-state index contributed by atoms with van der Waals surface area (Å²) in [6.45, 7) is 0.253. The Balaban J connectivity index is 1.57. The van der Waals surface area contributed by atoms with Gasteiger partial charge in [0.2, 0.25) is 6.79 Å². The van der Waals surface area contributed by atoms with Gasteiger partial charge in [0.15, 0.2) is 17.0 Å². The largest absolute Gasteiger partial charge is 0.454 e. The summed E-state index contributed by atoms with van der Waals surface area (Å²) in [7, 11) is 0. The van der Waals surface area contributed by atoms with E-state index in [4.69, 9.17) is 9.47 Å². The molecule has 1 saturated heterocycles. The highest BCUT2D eigenvalue weighted by Crippen LogP contribution is 2.40. The molecule has 0 saturated carbocycles. The van der Waals surface area contributed by atoms with E-state index in [-0.39, 0.29) is 19.2 Å². The van der Waals surface area contributed by atoms with Crippen LogP contribution in [-0.2, 0) is 16.9 Å². The quantitative estimate of drug-likeness (QED) is 0.588. The molecule has 3 amide bonds. The molecule has 3 aromatic carbocycles. The zero-order valence-corrected chi connectivity index (χ0v) is 17.4. The molecule has 7 heteroatoms. The highest BCUT2D eigenvalue weighted by atomic mass is 79.9. The first-order chi connectivity index (χ1) is 14.6. The molecule has 6 nitrogen and oxygen atoms in total. The van der Waals surface area contributed by atoms with Crippen LogP contribution in [0.1, 0.15) is 16.7 Å². The number of hydrogen-bond donors (Lipinski definition) is 1. The fraction of sp³-hybridized carbons (Fsp3) is 0.130. The first-order valence-electron chi connectivity index (χ1n) is 9.43. The Kier molecular flexibility index (Phi) is 4.47. The summed E-state index contributed by atoms with van der Waals surface area (Å²) in [5, 5.41) is 2.96. The van der Waals surface area contributed by atoms with Gasteiger partial charge in [0.1, 0.15) is 0 Å². The zero-order valence-electron chi connectivity index (χ0n) is 15.8. The van der Waals surface area contributed by atoms with Crippen LogP contribution < -0.4 is 14.8 Å². The van der Waals surface area contributed by atoms with Gasteiger partial charge in [-0.25, -0.2) is 4.79 Å². The molecule has 3 aromatic rings. The van der Waals surface area contributed by atoms with Crippen LogP contribution in [0, 0.1) is 0 Å². The third-order valence-corrected chi connectivity index (χ3v) is 6.13. The molecule has 30 heavy (non-hydrogen) atoms. The molecule has 0 spiro atoms. The molecular weight excluding hydrogens is 448 g/mol. The van der Waals surface area contributed by atoms with Crippen LogP contribution in [0.3, 0.4) is 0 Å². The van der Waals surface area contributed by atoms with Gasteiger partial charge in [0, 0.05) is 4.47 Å². The smallest absolute Gasteiger partial charge is 0.325 e. The second-order valence-electron chi connectivity index (χ2n) is 7.10. The third-order valence-electron chi connectivity index (χ3n) is 5.39. The number of amides is 3. The molecule has 0 aromatic heterocycles. The van der Waals surface area contributed by atoms with Crippen molar-refractivity contribution in [3.8, 4) is 11.5 Å². The van der Waals surface area contributed by atoms with Gasteiger partial charge in [-0.2, -0.15) is 0 Å². The molecule has 2 heterocycles. The monoisotopic (exact) mass is 464 g/mol. The van der Waals surface area contributed by atoms with E-state index in [2.05, 4.69) is 21.2 Å². The first-order valence-corrected chi connectivity index (χ1v) is 10.2. The van der Waals surface area contributed by atoms with Gasteiger partial charge in [-0.3, -0.25) is 9.69 Å². The number of fused-ring (bicyclic) bond motifs is 1. The number of nitrogens with one attached hydrogen (secondary N) is 1. The van der Waals surface area contributed by atoms with Crippen molar-refractivity contribution in [1.82, 2.24) is 10.2 Å². The summed E-state index contributed by atoms with van der Waals surface area (Å²) >= 11 is 3.51. The number of carbonyl (C=O) groups is 2. The van der Waals surface area contributed by atoms with E-state index in [9.17, 15) is 9.59 Å². The van der Waals surface area contributed by atoms with Crippen LogP contribution >= 0.6 is 15.9 Å². The number of benzene rings is 3. The average Bonchev–Trinajstić information content (AvgIpc) is 3.32. The van der Waals surface area contributed by atoms with Crippen molar-refractivity contribution < 1.29 is 19.1 Å². The summed E-state index contributed by atoms with van der Waals surface area (Å²) in [5.74, 6) is 0.901. The number of ether oxygens (including phenoxy) is 2. The number of nitrogens with zero attached hydrogens (tertiary/aromatic N) is 1. The minimum atomic E-state index is -1.28. The van der Waals surface area contributed by atoms with Crippen molar-refractivity contribution in [3.63, 3.8) is 0 Å². The fourth-order valence-corrected chi connectivity index (χ4v) is 4.35. The van der Waals surface area contributed by atoms with Crippen molar-refractivity contribution in [1.29, 1.82) is 0 Å². The number of hydrogen-bond acceptors (Lipinski definition) is 4. The highest BCUT2D eigenvalue weighted by Gasteiger charge is 2.53. The van der Waals surface area contributed by atoms with Gasteiger partial charge in [-0.15, -0.1) is 0 Å². The Bertz CT molecular complexity index is 1100. The van der Waals surface area contributed by atoms with Crippen LogP contribution in [0.2, 0.25) is 0 Å².